The molecule has 2 heterocycles. The molecule has 0 aliphatic carbocycles. The number of imide groups is 1. The van der Waals surface area contributed by atoms with Gasteiger partial charge in [0.25, 0.3) is 17.7 Å². The maximum absolute atomic E-state index is 12.6. The first-order chi connectivity index (χ1) is 14.6. The number of carbonyl (C=O) groups excluding carboxylic acids is 3. The number of nitrogens with zero attached hydrogens (tertiary/aromatic N) is 2. The van der Waals surface area contributed by atoms with Crippen LogP contribution in [0.1, 0.15) is 56.4 Å². The molecule has 0 unspecified atom stereocenters. The summed E-state index contributed by atoms with van der Waals surface area (Å²) in [5, 5.41) is 2.81. The number of rotatable bonds is 10. The predicted molar refractivity (Wildman–Crippen MR) is 109 cm³/mol. The van der Waals surface area contributed by atoms with Crippen molar-refractivity contribution >= 4 is 17.7 Å². The van der Waals surface area contributed by atoms with Gasteiger partial charge in [-0.3, -0.25) is 19.3 Å². The normalized spacial score (nSPS) is 12.8. The summed E-state index contributed by atoms with van der Waals surface area (Å²) in [5.41, 5.74) is 1.65. The molecule has 1 aromatic heterocycles. The number of carbonyl (C=O) groups is 3. The molecule has 0 fully saturated rings. The van der Waals surface area contributed by atoms with E-state index in [0.29, 0.717) is 36.8 Å². The van der Waals surface area contributed by atoms with Crippen LogP contribution in [-0.4, -0.2) is 54.5 Å². The highest BCUT2D eigenvalue weighted by Gasteiger charge is 2.35. The third kappa shape index (κ3) is 4.65. The molecule has 1 aromatic carbocycles. The largest absolute Gasteiger partial charge is 0.475 e. The Kier molecular flexibility index (Phi) is 7.13. The maximum Gasteiger partial charge on any atom is 0.261 e. The van der Waals surface area contributed by atoms with Crippen molar-refractivity contribution in [2.75, 3.05) is 26.9 Å². The highest BCUT2D eigenvalue weighted by atomic mass is 16.5. The third-order valence-corrected chi connectivity index (χ3v) is 4.78. The van der Waals surface area contributed by atoms with Crippen molar-refractivity contribution in [2.24, 2.45) is 0 Å². The summed E-state index contributed by atoms with van der Waals surface area (Å²) in [6, 6.07) is 8.15. The van der Waals surface area contributed by atoms with Gasteiger partial charge in [0, 0.05) is 37.5 Å². The van der Waals surface area contributed by atoms with Crippen molar-refractivity contribution in [2.45, 2.75) is 26.3 Å². The number of methoxy groups -OCH3 is 1. The summed E-state index contributed by atoms with van der Waals surface area (Å²) < 4.78 is 10.5. The average Bonchev–Trinajstić information content (AvgIpc) is 3.00. The van der Waals surface area contributed by atoms with E-state index < -0.39 is 0 Å². The van der Waals surface area contributed by atoms with E-state index in [9.17, 15) is 14.4 Å². The van der Waals surface area contributed by atoms with Crippen LogP contribution in [0.2, 0.25) is 0 Å². The first-order valence-electron chi connectivity index (χ1n) is 9.90. The maximum atomic E-state index is 12.6. The Bertz CT molecular complexity index is 944. The Morgan fingerprint density at radius 1 is 1.13 bits per heavy atom. The van der Waals surface area contributed by atoms with Crippen LogP contribution < -0.4 is 10.1 Å². The van der Waals surface area contributed by atoms with Gasteiger partial charge in [-0.1, -0.05) is 19.4 Å². The van der Waals surface area contributed by atoms with Crippen LogP contribution in [0.25, 0.3) is 0 Å². The molecule has 0 bridgehead atoms. The van der Waals surface area contributed by atoms with E-state index >= 15 is 0 Å². The molecule has 3 amide bonds. The summed E-state index contributed by atoms with van der Waals surface area (Å²) >= 11 is 0. The van der Waals surface area contributed by atoms with Crippen LogP contribution in [0.5, 0.6) is 5.88 Å². The highest BCUT2D eigenvalue weighted by molar-refractivity contribution is 6.22. The van der Waals surface area contributed by atoms with E-state index in [1.165, 1.54) is 11.0 Å². The van der Waals surface area contributed by atoms with Crippen molar-refractivity contribution in [3.8, 4) is 5.88 Å². The molecular formula is C22H25N3O5. The van der Waals surface area contributed by atoms with Gasteiger partial charge in [-0.25, -0.2) is 4.98 Å². The standard InChI is InChI=1S/C22H25N3O5/c1-3-4-10-25-21(27)17-8-7-15(13-18(17)22(25)28)19(26)24-14-16-6-5-9-23-20(16)30-12-11-29-2/h5-9,13H,3-4,10-12,14H2,1-2H3,(H,24,26). The molecule has 0 spiro atoms. The molecule has 0 saturated heterocycles. The average molecular weight is 411 g/mol. The quantitative estimate of drug-likeness (QED) is 0.476. The Morgan fingerprint density at radius 3 is 2.70 bits per heavy atom. The molecule has 8 nitrogen and oxygen atoms in total. The lowest BCUT2D eigenvalue weighted by atomic mass is 10.1. The Hall–Kier alpha value is -3.26. The molecule has 158 valence electrons. The van der Waals surface area contributed by atoms with Crippen LogP contribution >= 0.6 is 0 Å². The lowest BCUT2D eigenvalue weighted by molar-refractivity contribution is 0.0652. The van der Waals surface area contributed by atoms with Gasteiger partial charge in [-0.2, -0.15) is 0 Å². The zero-order chi connectivity index (χ0) is 21.5. The second-order valence-corrected chi connectivity index (χ2v) is 6.87. The van der Waals surface area contributed by atoms with Gasteiger partial charge in [0.05, 0.1) is 17.7 Å². The smallest absolute Gasteiger partial charge is 0.261 e. The van der Waals surface area contributed by atoms with Gasteiger partial charge >= 0.3 is 0 Å². The summed E-state index contributed by atoms with van der Waals surface area (Å²) in [6.07, 6.45) is 3.24. The molecule has 0 atom stereocenters. The number of ether oxygens (including phenoxy) is 2. The van der Waals surface area contributed by atoms with Crippen LogP contribution in [0.3, 0.4) is 0 Å². The molecular weight excluding hydrogens is 386 g/mol. The number of nitrogens with one attached hydrogen (secondary N) is 1. The van der Waals surface area contributed by atoms with Crippen LogP contribution in [-0.2, 0) is 11.3 Å². The third-order valence-electron chi connectivity index (χ3n) is 4.78. The lowest BCUT2D eigenvalue weighted by Crippen LogP contribution is -2.30. The van der Waals surface area contributed by atoms with E-state index in [0.717, 1.165) is 18.4 Å². The number of hydrogen-bond donors (Lipinski definition) is 1. The molecule has 8 heteroatoms. The van der Waals surface area contributed by atoms with Gasteiger partial charge < -0.3 is 14.8 Å². The molecule has 3 rings (SSSR count). The van der Waals surface area contributed by atoms with Crippen molar-refractivity contribution in [3.63, 3.8) is 0 Å². The SMILES string of the molecule is CCCCN1C(=O)c2ccc(C(=O)NCc3cccnc3OCCOC)cc2C1=O. The van der Waals surface area contributed by atoms with Gasteiger partial charge in [0.15, 0.2) is 0 Å². The molecule has 0 radical (unpaired) electrons. The number of hydrogen-bond acceptors (Lipinski definition) is 6. The number of unbranched alkanes of at least 4 members (excludes halogenated alkanes) is 1. The lowest BCUT2D eigenvalue weighted by Gasteiger charge is -2.12. The first-order valence-corrected chi connectivity index (χ1v) is 9.90. The molecule has 1 aliphatic heterocycles. The summed E-state index contributed by atoms with van der Waals surface area (Å²) in [5.74, 6) is -0.573. The minimum atomic E-state index is -0.350. The Labute approximate surface area is 175 Å². The number of benzene rings is 1. The zero-order valence-electron chi connectivity index (χ0n) is 17.1. The molecule has 0 saturated carbocycles. The van der Waals surface area contributed by atoms with Crippen molar-refractivity contribution < 1.29 is 23.9 Å². The van der Waals surface area contributed by atoms with E-state index in [1.807, 2.05) is 13.0 Å². The van der Waals surface area contributed by atoms with Crippen molar-refractivity contribution in [1.29, 1.82) is 0 Å². The fourth-order valence-corrected chi connectivity index (χ4v) is 3.14. The Morgan fingerprint density at radius 2 is 1.93 bits per heavy atom. The Balaban J connectivity index is 1.68. The van der Waals surface area contributed by atoms with Gasteiger partial charge in [0.2, 0.25) is 5.88 Å². The van der Waals surface area contributed by atoms with Crippen LogP contribution in [0.4, 0.5) is 0 Å². The minimum Gasteiger partial charge on any atom is -0.475 e. The number of pyridine rings is 1. The van der Waals surface area contributed by atoms with E-state index in [4.69, 9.17) is 9.47 Å². The number of aromatic nitrogens is 1. The molecule has 1 N–H and O–H groups in total. The summed E-state index contributed by atoms with van der Waals surface area (Å²) in [7, 11) is 1.58. The fraction of sp³-hybridized carbons (Fsp3) is 0.364. The number of amides is 3. The van der Waals surface area contributed by atoms with Gasteiger partial charge in [-0.15, -0.1) is 0 Å². The first kappa shape index (κ1) is 21.4. The van der Waals surface area contributed by atoms with Crippen LogP contribution in [0.15, 0.2) is 36.5 Å². The van der Waals surface area contributed by atoms with Gasteiger partial charge in [0.1, 0.15) is 6.61 Å². The van der Waals surface area contributed by atoms with Crippen molar-refractivity contribution in [3.05, 3.63) is 58.8 Å². The van der Waals surface area contributed by atoms with Crippen LogP contribution in [0, 0.1) is 0 Å². The predicted octanol–water partition coefficient (Wildman–Crippen LogP) is 2.43. The molecule has 30 heavy (non-hydrogen) atoms. The molecule has 2 aromatic rings. The summed E-state index contributed by atoms with van der Waals surface area (Å²) in [6.45, 7) is 3.37. The minimum absolute atomic E-state index is 0.210. The topological polar surface area (TPSA) is 97.8 Å². The van der Waals surface area contributed by atoms with Gasteiger partial charge in [-0.05, 0) is 30.7 Å². The second kappa shape index (κ2) is 9.98. The van der Waals surface area contributed by atoms with Crippen molar-refractivity contribution in [1.82, 2.24) is 15.2 Å². The second-order valence-electron chi connectivity index (χ2n) is 6.87. The van der Waals surface area contributed by atoms with E-state index in [-0.39, 0.29) is 29.8 Å². The fourth-order valence-electron chi connectivity index (χ4n) is 3.14. The van der Waals surface area contributed by atoms with E-state index in [1.54, 1.807) is 31.5 Å². The number of fused-ring (bicyclic) bond motifs is 1. The zero-order valence-corrected chi connectivity index (χ0v) is 17.1. The highest BCUT2D eigenvalue weighted by Crippen LogP contribution is 2.24. The van der Waals surface area contributed by atoms with E-state index in [2.05, 4.69) is 10.3 Å². The molecule has 1 aliphatic rings. The summed E-state index contributed by atoms with van der Waals surface area (Å²) in [4.78, 5) is 43.1. The monoisotopic (exact) mass is 411 g/mol.